The van der Waals surface area contributed by atoms with E-state index < -0.39 is 17.5 Å². The van der Waals surface area contributed by atoms with E-state index in [2.05, 4.69) is 0 Å². The van der Waals surface area contributed by atoms with Crippen LogP contribution in [0.2, 0.25) is 0 Å². The third kappa shape index (κ3) is 2.93. The predicted octanol–water partition coefficient (Wildman–Crippen LogP) is 5.20. The summed E-state index contributed by atoms with van der Waals surface area (Å²) >= 11 is 0. The van der Waals surface area contributed by atoms with E-state index in [-0.39, 0.29) is 5.56 Å². The lowest BCUT2D eigenvalue weighted by Crippen LogP contribution is -1.91. The minimum Gasteiger partial charge on any atom is -0.204 e. The highest BCUT2D eigenvalue weighted by Crippen LogP contribution is 2.19. The van der Waals surface area contributed by atoms with E-state index in [9.17, 15) is 13.2 Å². The van der Waals surface area contributed by atoms with Gasteiger partial charge in [0.25, 0.3) is 0 Å². The first-order valence-electron chi connectivity index (χ1n) is 6.29. The van der Waals surface area contributed by atoms with E-state index in [4.69, 9.17) is 0 Å². The Hall–Kier alpha value is -2.03. The maximum absolute atomic E-state index is 13.1. The molecule has 0 atom stereocenters. The molecule has 0 fully saturated rings. The van der Waals surface area contributed by atoms with Gasteiger partial charge in [0, 0.05) is 0 Å². The molecule has 0 saturated heterocycles. The zero-order valence-electron chi connectivity index (χ0n) is 11.6. The summed E-state index contributed by atoms with van der Waals surface area (Å²) in [6, 6.07) is 5.94. The molecule has 0 bridgehead atoms. The molecule has 0 aliphatic heterocycles. The second kappa shape index (κ2) is 5.53. The lowest BCUT2D eigenvalue weighted by atomic mass is 10.00. The van der Waals surface area contributed by atoms with E-state index in [1.165, 1.54) is 5.56 Å². The maximum atomic E-state index is 13.1. The average molecular weight is 276 g/mol. The highest BCUT2D eigenvalue weighted by molar-refractivity contribution is 5.70. The third-order valence-electron chi connectivity index (χ3n) is 3.42. The molecular weight excluding hydrogens is 261 g/mol. The fraction of sp³-hybridized carbons (Fsp3) is 0.176. The van der Waals surface area contributed by atoms with Gasteiger partial charge in [0.1, 0.15) is 0 Å². The molecule has 0 radical (unpaired) electrons. The molecule has 20 heavy (non-hydrogen) atoms. The molecule has 104 valence electrons. The van der Waals surface area contributed by atoms with Gasteiger partial charge < -0.3 is 0 Å². The van der Waals surface area contributed by atoms with Crippen LogP contribution in [0.5, 0.6) is 0 Å². The largest absolute Gasteiger partial charge is 0.204 e. The number of hydrogen-bond acceptors (Lipinski definition) is 0. The van der Waals surface area contributed by atoms with E-state index in [0.29, 0.717) is 0 Å². The Bertz CT molecular complexity index is 579. The van der Waals surface area contributed by atoms with Gasteiger partial charge >= 0.3 is 0 Å². The summed E-state index contributed by atoms with van der Waals surface area (Å²) in [5.74, 6) is -3.80. The zero-order valence-corrected chi connectivity index (χ0v) is 11.6. The van der Waals surface area contributed by atoms with Gasteiger partial charge in [-0.05, 0) is 60.7 Å². The molecule has 2 rings (SSSR count). The lowest BCUT2D eigenvalue weighted by Gasteiger charge is -2.06. The lowest BCUT2D eigenvalue weighted by molar-refractivity contribution is 0.447. The van der Waals surface area contributed by atoms with Gasteiger partial charge in [-0.3, -0.25) is 0 Å². The highest BCUT2D eigenvalue weighted by atomic mass is 19.2. The Balaban J connectivity index is 2.35. The van der Waals surface area contributed by atoms with E-state index >= 15 is 0 Å². The molecule has 0 aromatic heterocycles. The third-order valence-corrected chi connectivity index (χ3v) is 3.42. The van der Waals surface area contributed by atoms with Crippen molar-refractivity contribution in [1.29, 1.82) is 0 Å². The molecule has 0 aliphatic carbocycles. The fourth-order valence-corrected chi connectivity index (χ4v) is 2.03. The van der Waals surface area contributed by atoms with Crippen LogP contribution >= 0.6 is 0 Å². The van der Waals surface area contributed by atoms with E-state index in [1.807, 2.05) is 32.9 Å². The Kier molecular flexibility index (Phi) is 3.98. The standard InChI is InChI=1S/C17H15F3/c1-10-6-13(7-11(2)12(10)3)4-5-14-8-15(18)17(20)16(19)9-14/h4-9H,1-3H3/b5-4+. The monoisotopic (exact) mass is 276 g/mol. The van der Waals surface area contributed by atoms with Crippen molar-refractivity contribution in [3.63, 3.8) is 0 Å². The normalized spacial score (nSPS) is 11.3. The van der Waals surface area contributed by atoms with Crippen LogP contribution in [0.25, 0.3) is 12.2 Å². The summed E-state index contributed by atoms with van der Waals surface area (Å²) < 4.78 is 39.0. The van der Waals surface area contributed by atoms with Crippen LogP contribution < -0.4 is 0 Å². The number of benzene rings is 2. The van der Waals surface area contributed by atoms with Crippen LogP contribution in [0, 0.1) is 38.2 Å². The second-order valence-electron chi connectivity index (χ2n) is 4.91. The Morgan fingerprint density at radius 3 is 1.55 bits per heavy atom. The Morgan fingerprint density at radius 2 is 1.10 bits per heavy atom. The number of hydrogen-bond donors (Lipinski definition) is 0. The molecule has 0 saturated carbocycles. The fourth-order valence-electron chi connectivity index (χ4n) is 2.03. The molecule has 0 heterocycles. The van der Waals surface area contributed by atoms with Crippen molar-refractivity contribution in [2.45, 2.75) is 20.8 Å². The van der Waals surface area contributed by atoms with Gasteiger partial charge in [-0.2, -0.15) is 0 Å². The highest BCUT2D eigenvalue weighted by Gasteiger charge is 2.09. The summed E-state index contributed by atoms with van der Waals surface area (Å²) in [5.41, 5.74) is 4.76. The Labute approximate surface area is 116 Å². The molecule has 0 aliphatic rings. The van der Waals surface area contributed by atoms with Crippen molar-refractivity contribution < 1.29 is 13.2 Å². The van der Waals surface area contributed by atoms with Crippen LogP contribution in [0.4, 0.5) is 13.2 Å². The summed E-state index contributed by atoms with van der Waals surface area (Å²) in [4.78, 5) is 0. The van der Waals surface area contributed by atoms with Crippen molar-refractivity contribution in [1.82, 2.24) is 0 Å². The Morgan fingerprint density at radius 1 is 0.700 bits per heavy atom. The second-order valence-corrected chi connectivity index (χ2v) is 4.91. The maximum Gasteiger partial charge on any atom is 0.194 e. The van der Waals surface area contributed by atoms with Crippen LogP contribution in [0.15, 0.2) is 24.3 Å². The van der Waals surface area contributed by atoms with Crippen LogP contribution in [0.3, 0.4) is 0 Å². The van der Waals surface area contributed by atoms with Crippen LogP contribution in [-0.2, 0) is 0 Å². The minimum atomic E-state index is -1.44. The van der Waals surface area contributed by atoms with Gasteiger partial charge in [-0.1, -0.05) is 24.3 Å². The zero-order chi connectivity index (χ0) is 14.9. The summed E-state index contributed by atoms with van der Waals surface area (Å²) in [7, 11) is 0. The van der Waals surface area contributed by atoms with Crippen molar-refractivity contribution in [3.05, 3.63) is 69.5 Å². The molecular formula is C17H15F3. The molecule has 0 N–H and O–H groups in total. The number of halogens is 3. The first-order valence-corrected chi connectivity index (χ1v) is 6.29. The van der Waals surface area contributed by atoms with Crippen molar-refractivity contribution in [2.24, 2.45) is 0 Å². The van der Waals surface area contributed by atoms with Crippen LogP contribution in [-0.4, -0.2) is 0 Å². The van der Waals surface area contributed by atoms with Gasteiger partial charge in [0.2, 0.25) is 0 Å². The molecule has 2 aromatic carbocycles. The molecule has 0 unspecified atom stereocenters. The van der Waals surface area contributed by atoms with E-state index in [0.717, 1.165) is 28.8 Å². The number of aryl methyl sites for hydroxylation is 2. The van der Waals surface area contributed by atoms with Crippen molar-refractivity contribution >= 4 is 12.2 Å². The summed E-state index contributed by atoms with van der Waals surface area (Å²) in [6.45, 7) is 6.07. The first-order chi connectivity index (χ1) is 9.38. The van der Waals surface area contributed by atoms with Gasteiger partial charge in [-0.15, -0.1) is 0 Å². The van der Waals surface area contributed by atoms with Gasteiger partial charge in [-0.25, -0.2) is 13.2 Å². The first kappa shape index (κ1) is 14.4. The summed E-state index contributed by atoms with van der Waals surface area (Å²) in [5, 5.41) is 0. The molecule has 2 aromatic rings. The minimum absolute atomic E-state index is 0.289. The molecule has 3 heteroatoms. The smallest absolute Gasteiger partial charge is 0.194 e. The van der Waals surface area contributed by atoms with Gasteiger partial charge in [0.05, 0.1) is 0 Å². The van der Waals surface area contributed by atoms with Crippen LogP contribution in [0.1, 0.15) is 27.8 Å². The quantitative estimate of drug-likeness (QED) is 0.522. The van der Waals surface area contributed by atoms with E-state index in [1.54, 1.807) is 12.2 Å². The van der Waals surface area contributed by atoms with Crippen molar-refractivity contribution in [3.8, 4) is 0 Å². The predicted molar refractivity (Wildman–Crippen MR) is 75.9 cm³/mol. The molecule has 0 spiro atoms. The topological polar surface area (TPSA) is 0 Å². The average Bonchev–Trinajstić information content (AvgIpc) is 2.39. The summed E-state index contributed by atoms with van der Waals surface area (Å²) in [6.07, 6.45) is 3.32. The molecule has 0 nitrogen and oxygen atoms in total. The number of rotatable bonds is 2. The SMILES string of the molecule is Cc1cc(/C=C/c2cc(F)c(F)c(F)c2)cc(C)c1C. The van der Waals surface area contributed by atoms with Gasteiger partial charge in [0.15, 0.2) is 17.5 Å². The van der Waals surface area contributed by atoms with Crippen molar-refractivity contribution in [2.75, 3.05) is 0 Å². The molecule has 0 amide bonds.